The molecule has 0 fully saturated rings. The number of benzene rings is 1. The monoisotopic (exact) mass is 310 g/mol. The summed E-state index contributed by atoms with van der Waals surface area (Å²) in [6, 6.07) is 10.1. The third-order valence-electron chi connectivity index (χ3n) is 1.01. The van der Waals surface area contributed by atoms with Gasteiger partial charge in [-0.1, -0.05) is 35.9 Å². The molecule has 0 atom stereocenters. The summed E-state index contributed by atoms with van der Waals surface area (Å²) in [7, 11) is 0. The molecule has 0 unspecified atom stereocenters. The van der Waals surface area contributed by atoms with Crippen molar-refractivity contribution in [3.8, 4) is 0 Å². The zero-order valence-electron chi connectivity index (χ0n) is 4.88. The summed E-state index contributed by atoms with van der Waals surface area (Å²) < 4.78 is 0. The van der Waals surface area contributed by atoms with Crippen LogP contribution in [0.3, 0.4) is 0 Å². The van der Waals surface area contributed by atoms with Crippen molar-refractivity contribution >= 4 is 12.6 Å². The van der Waals surface area contributed by atoms with E-state index < -0.39 is 0 Å². The van der Waals surface area contributed by atoms with E-state index in [1.807, 2.05) is 30.3 Å². The molecular formula is C7H7ReS-. The molecular weight excluding hydrogens is 302 g/mol. The van der Waals surface area contributed by atoms with E-state index in [0.29, 0.717) is 0 Å². The molecule has 9 heavy (non-hydrogen) atoms. The van der Waals surface area contributed by atoms with Crippen molar-refractivity contribution in [2.75, 3.05) is 0 Å². The smallest absolute Gasteiger partial charge is 0 e. The van der Waals surface area contributed by atoms with Crippen LogP contribution in [0, 0.1) is 0 Å². The van der Waals surface area contributed by atoms with Gasteiger partial charge in [-0.15, -0.1) is 0 Å². The SMILES string of the molecule is [Re].[S-]Cc1ccccc1. The minimum absolute atomic E-state index is 0. The second kappa shape index (κ2) is 5.05. The second-order valence-electron chi connectivity index (χ2n) is 1.63. The van der Waals surface area contributed by atoms with Crippen molar-refractivity contribution < 1.29 is 20.4 Å². The molecule has 1 rings (SSSR count). The van der Waals surface area contributed by atoms with Gasteiger partial charge < -0.3 is 12.6 Å². The summed E-state index contributed by atoms with van der Waals surface area (Å²) in [6.45, 7) is 0. The molecule has 0 aliphatic rings. The van der Waals surface area contributed by atoms with Crippen LogP contribution in [0.2, 0.25) is 0 Å². The second-order valence-corrected chi connectivity index (χ2v) is 1.92. The van der Waals surface area contributed by atoms with Gasteiger partial charge in [-0.2, -0.15) is 5.75 Å². The molecule has 0 nitrogen and oxygen atoms in total. The van der Waals surface area contributed by atoms with Crippen LogP contribution in [-0.2, 0) is 38.8 Å². The van der Waals surface area contributed by atoms with Crippen molar-refractivity contribution in [2.45, 2.75) is 5.75 Å². The molecule has 0 aromatic heterocycles. The van der Waals surface area contributed by atoms with Gasteiger partial charge in [0.25, 0.3) is 0 Å². The van der Waals surface area contributed by atoms with Crippen molar-refractivity contribution in [2.24, 2.45) is 0 Å². The maximum Gasteiger partial charge on any atom is 0 e. The minimum Gasteiger partial charge on any atom is -0.788 e. The molecule has 0 saturated heterocycles. The van der Waals surface area contributed by atoms with E-state index in [-0.39, 0.29) is 20.4 Å². The fourth-order valence-corrected chi connectivity index (χ4v) is 0.767. The summed E-state index contributed by atoms with van der Waals surface area (Å²) in [5, 5.41) is 0. The first-order valence-electron chi connectivity index (χ1n) is 2.55. The van der Waals surface area contributed by atoms with Crippen LogP contribution in [0.15, 0.2) is 30.3 Å². The molecule has 0 saturated carbocycles. The Balaban J connectivity index is 0.000000640. The first kappa shape index (κ1) is 9.23. The maximum atomic E-state index is 4.82. The Morgan fingerprint density at radius 2 is 1.67 bits per heavy atom. The van der Waals surface area contributed by atoms with Gasteiger partial charge in [-0.3, -0.25) is 0 Å². The molecule has 0 amide bonds. The predicted molar refractivity (Wildman–Crippen MR) is 37.5 cm³/mol. The Labute approximate surface area is 74.7 Å². The van der Waals surface area contributed by atoms with Crippen LogP contribution in [0.4, 0.5) is 0 Å². The predicted octanol–water partition coefficient (Wildman–Crippen LogP) is 1.73. The molecule has 1 aromatic carbocycles. The summed E-state index contributed by atoms with van der Waals surface area (Å²) >= 11 is 4.82. The summed E-state index contributed by atoms with van der Waals surface area (Å²) in [6.07, 6.45) is 0. The fourth-order valence-electron chi connectivity index (χ4n) is 0.574. The van der Waals surface area contributed by atoms with E-state index in [2.05, 4.69) is 0 Å². The number of hydrogen-bond acceptors (Lipinski definition) is 1. The molecule has 1 radical (unpaired) electrons. The molecule has 1 aromatic rings. The van der Waals surface area contributed by atoms with Crippen molar-refractivity contribution in [3.05, 3.63) is 35.9 Å². The van der Waals surface area contributed by atoms with Crippen LogP contribution in [0.25, 0.3) is 0 Å². The fraction of sp³-hybridized carbons (Fsp3) is 0.143. The van der Waals surface area contributed by atoms with Gasteiger partial charge in [0.2, 0.25) is 0 Å². The molecule has 0 heterocycles. The van der Waals surface area contributed by atoms with Gasteiger partial charge in [-0.05, 0) is 0 Å². The van der Waals surface area contributed by atoms with E-state index >= 15 is 0 Å². The number of rotatable bonds is 1. The quantitative estimate of drug-likeness (QED) is 0.712. The van der Waals surface area contributed by atoms with Crippen molar-refractivity contribution in [1.82, 2.24) is 0 Å². The van der Waals surface area contributed by atoms with Gasteiger partial charge in [0.05, 0.1) is 0 Å². The van der Waals surface area contributed by atoms with E-state index in [1.54, 1.807) is 0 Å². The van der Waals surface area contributed by atoms with Crippen molar-refractivity contribution in [3.63, 3.8) is 0 Å². The summed E-state index contributed by atoms with van der Waals surface area (Å²) in [5.41, 5.74) is 1.22. The average molecular weight is 309 g/mol. The van der Waals surface area contributed by atoms with Crippen LogP contribution in [0.1, 0.15) is 5.56 Å². The topological polar surface area (TPSA) is 0 Å². The zero-order chi connectivity index (χ0) is 5.82. The largest absolute Gasteiger partial charge is 0.788 e. The van der Waals surface area contributed by atoms with E-state index in [1.165, 1.54) is 5.56 Å². The van der Waals surface area contributed by atoms with Crippen LogP contribution in [0.5, 0.6) is 0 Å². The molecule has 0 aliphatic heterocycles. The summed E-state index contributed by atoms with van der Waals surface area (Å²) in [4.78, 5) is 0. The van der Waals surface area contributed by atoms with Gasteiger partial charge in [0.1, 0.15) is 0 Å². The van der Waals surface area contributed by atoms with E-state index in [0.717, 1.165) is 5.75 Å². The first-order chi connectivity index (χ1) is 3.93. The molecule has 0 spiro atoms. The molecule has 0 bridgehead atoms. The summed E-state index contributed by atoms with van der Waals surface area (Å²) in [5.74, 6) is 0.723. The van der Waals surface area contributed by atoms with Gasteiger partial charge in [0.15, 0.2) is 0 Å². The Hall–Kier alpha value is 0.232. The average Bonchev–Trinajstić information content (AvgIpc) is 1.90. The maximum absolute atomic E-state index is 4.82. The van der Waals surface area contributed by atoms with Crippen LogP contribution in [-0.4, -0.2) is 0 Å². The normalized spacial score (nSPS) is 8.11. The number of hydrogen-bond donors (Lipinski definition) is 0. The van der Waals surface area contributed by atoms with Gasteiger partial charge >= 0.3 is 0 Å². The Morgan fingerprint density at radius 1 is 1.11 bits per heavy atom. The molecule has 0 N–H and O–H groups in total. The van der Waals surface area contributed by atoms with Gasteiger partial charge in [-0.25, -0.2) is 0 Å². The Bertz CT molecular complexity index is 150. The van der Waals surface area contributed by atoms with Gasteiger partial charge in [0, 0.05) is 20.4 Å². The molecule has 0 aliphatic carbocycles. The minimum atomic E-state index is 0. The van der Waals surface area contributed by atoms with E-state index in [4.69, 9.17) is 12.6 Å². The zero-order valence-corrected chi connectivity index (χ0v) is 8.41. The standard InChI is InChI=1S/C7H8S.Re/c8-6-7-4-2-1-3-5-7;/h1-5,8H,6H2;/p-1. The third kappa shape index (κ3) is 3.05. The van der Waals surface area contributed by atoms with E-state index in [9.17, 15) is 0 Å². The molecule has 2 heteroatoms. The van der Waals surface area contributed by atoms with Crippen LogP contribution >= 0.6 is 0 Å². The molecule has 49 valence electrons. The Morgan fingerprint density at radius 3 is 2.00 bits per heavy atom. The first-order valence-corrected chi connectivity index (χ1v) is 3.13. The third-order valence-corrected chi connectivity index (χ3v) is 1.34. The Kier molecular flexibility index (Phi) is 5.18. The van der Waals surface area contributed by atoms with Crippen molar-refractivity contribution in [1.29, 1.82) is 0 Å². The van der Waals surface area contributed by atoms with Crippen LogP contribution < -0.4 is 0 Å².